The van der Waals surface area contributed by atoms with Crippen LogP contribution >= 0.6 is 0 Å². The number of halogens is 1. The second kappa shape index (κ2) is 6.79. The topological polar surface area (TPSA) is 75.4 Å². The minimum Gasteiger partial charge on any atom is -0.448 e. The molecule has 1 spiro atoms. The third-order valence-corrected chi connectivity index (χ3v) is 6.20. The van der Waals surface area contributed by atoms with Gasteiger partial charge in [0.15, 0.2) is 12.1 Å². The van der Waals surface area contributed by atoms with Gasteiger partial charge in [0.25, 0.3) is 5.91 Å². The van der Waals surface area contributed by atoms with Crippen molar-refractivity contribution in [3.63, 3.8) is 0 Å². The summed E-state index contributed by atoms with van der Waals surface area (Å²) >= 11 is 0. The van der Waals surface area contributed by atoms with E-state index < -0.39 is 11.5 Å². The molecule has 0 unspecified atom stereocenters. The van der Waals surface area contributed by atoms with Crippen LogP contribution in [0, 0.1) is 5.82 Å². The molecule has 1 aromatic heterocycles. The molecule has 2 aromatic carbocycles. The van der Waals surface area contributed by atoms with Gasteiger partial charge in [-0.3, -0.25) is 9.59 Å². The monoisotopic (exact) mass is 405 g/mol. The lowest BCUT2D eigenvalue weighted by Gasteiger charge is -2.34. The number of amides is 2. The summed E-state index contributed by atoms with van der Waals surface area (Å²) in [6, 6.07) is 13.0. The van der Waals surface area contributed by atoms with Crippen LogP contribution in [0.3, 0.4) is 0 Å². The Morgan fingerprint density at radius 2 is 2.03 bits per heavy atom. The molecule has 3 heterocycles. The lowest BCUT2D eigenvalue weighted by Crippen LogP contribution is -2.42. The number of oxazole rings is 1. The van der Waals surface area contributed by atoms with Crippen LogP contribution < -0.4 is 5.32 Å². The maximum absolute atomic E-state index is 13.7. The zero-order valence-corrected chi connectivity index (χ0v) is 16.4. The molecule has 0 radical (unpaired) electrons. The summed E-state index contributed by atoms with van der Waals surface area (Å²) in [6.07, 6.45) is 2.26. The van der Waals surface area contributed by atoms with Crippen molar-refractivity contribution in [3.8, 4) is 0 Å². The third kappa shape index (κ3) is 2.51. The molecule has 2 amide bonds. The van der Waals surface area contributed by atoms with Gasteiger partial charge in [-0.05, 0) is 35.7 Å². The van der Waals surface area contributed by atoms with Crippen molar-refractivity contribution >= 4 is 17.5 Å². The number of fused-ring (bicyclic) bond motifs is 2. The van der Waals surface area contributed by atoms with Gasteiger partial charge in [0.05, 0.1) is 6.04 Å². The Bertz CT molecular complexity index is 1140. The molecule has 30 heavy (non-hydrogen) atoms. The predicted octanol–water partition coefficient (Wildman–Crippen LogP) is 3.85. The van der Waals surface area contributed by atoms with Crippen LogP contribution in [0.4, 0.5) is 10.1 Å². The fraction of sp³-hybridized carbons (Fsp3) is 0.261. The summed E-state index contributed by atoms with van der Waals surface area (Å²) in [4.78, 5) is 32.6. The molecule has 0 saturated carbocycles. The number of likely N-dealkylation sites (tertiary alicyclic amines) is 1. The average molecular weight is 405 g/mol. The van der Waals surface area contributed by atoms with E-state index in [1.807, 2.05) is 31.2 Å². The fourth-order valence-corrected chi connectivity index (χ4v) is 4.85. The highest BCUT2D eigenvalue weighted by Gasteiger charge is 2.59. The van der Waals surface area contributed by atoms with Crippen molar-refractivity contribution in [1.82, 2.24) is 9.88 Å². The van der Waals surface area contributed by atoms with E-state index in [0.29, 0.717) is 30.7 Å². The SMILES string of the molecule is CCc1ocnc1C(=O)N1CC[C@]2(C(=O)Nc3ccccc32)[C@@H]1c1ccc(F)cc1. The first-order chi connectivity index (χ1) is 14.6. The van der Waals surface area contributed by atoms with E-state index in [-0.39, 0.29) is 23.3 Å². The molecule has 3 aromatic rings. The highest BCUT2D eigenvalue weighted by atomic mass is 19.1. The summed E-state index contributed by atoms with van der Waals surface area (Å²) in [5.41, 5.74) is 1.62. The van der Waals surface area contributed by atoms with Gasteiger partial charge in [0.2, 0.25) is 5.91 Å². The van der Waals surface area contributed by atoms with E-state index in [1.54, 1.807) is 17.0 Å². The second-order valence-electron chi connectivity index (χ2n) is 7.65. The number of carbonyl (C=O) groups is 2. The van der Waals surface area contributed by atoms with E-state index in [9.17, 15) is 14.0 Å². The molecule has 2 aliphatic rings. The largest absolute Gasteiger partial charge is 0.448 e. The summed E-state index contributed by atoms with van der Waals surface area (Å²) in [6.45, 7) is 2.26. The van der Waals surface area contributed by atoms with Crippen molar-refractivity contribution in [2.24, 2.45) is 0 Å². The normalized spacial score (nSPS) is 22.4. The molecule has 5 rings (SSSR count). The van der Waals surface area contributed by atoms with Crippen molar-refractivity contribution in [2.45, 2.75) is 31.2 Å². The summed E-state index contributed by atoms with van der Waals surface area (Å²) in [7, 11) is 0. The first kappa shape index (κ1) is 18.5. The van der Waals surface area contributed by atoms with Gasteiger partial charge in [-0.15, -0.1) is 0 Å². The van der Waals surface area contributed by atoms with Crippen molar-refractivity contribution in [2.75, 3.05) is 11.9 Å². The summed E-state index contributed by atoms with van der Waals surface area (Å²) in [5, 5.41) is 2.97. The molecule has 2 atom stereocenters. The molecule has 152 valence electrons. The van der Waals surface area contributed by atoms with Crippen molar-refractivity contribution in [1.29, 1.82) is 0 Å². The van der Waals surface area contributed by atoms with Crippen LogP contribution in [0.2, 0.25) is 0 Å². The minimum atomic E-state index is -0.944. The Morgan fingerprint density at radius 3 is 2.80 bits per heavy atom. The first-order valence-corrected chi connectivity index (χ1v) is 9.96. The van der Waals surface area contributed by atoms with Gasteiger partial charge in [-0.2, -0.15) is 0 Å². The fourth-order valence-electron chi connectivity index (χ4n) is 4.85. The maximum Gasteiger partial charge on any atom is 0.276 e. The standard InChI is InChI=1S/C23H20FN3O3/c1-2-18-19(25-13-30-18)21(28)27-12-11-23(20(27)14-7-9-15(24)10-8-14)16-5-3-4-6-17(16)26-22(23)29/h3-10,13,20H,2,11-12H2,1H3,(H,26,29)/t20-,23+/m0/s1. The zero-order valence-electron chi connectivity index (χ0n) is 16.4. The van der Waals surface area contributed by atoms with Crippen LogP contribution in [-0.2, 0) is 16.6 Å². The molecule has 2 aliphatic heterocycles. The Hall–Kier alpha value is -3.48. The molecule has 6 nitrogen and oxygen atoms in total. The molecule has 1 fully saturated rings. The van der Waals surface area contributed by atoms with E-state index in [2.05, 4.69) is 10.3 Å². The van der Waals surface area contributed by atoms with Crippen LogP contribution in [-0.4, -0.2) is 28.2 Å². The van der Waals surface area contributed by atoms with E-state index in [4.69, 9.17) is 4.42 Å². The number of carbonyl (C=O) groups excluding carboxylic acids is 2. The Balaban J connectivity index is 1.67. The van der Waals surface area contributed by atoms with Gasteiger partial charge >= 0.3 is 0 Å². The molecule has 0 bridgehead atoms. The number of nitrogens with zero attached hydrogens (tertiary/aromatic N) is 2. The quantitative estimate of drug-likeness (QED) is 0.718. The van der Waals surface area contributed by atoms with Crippen LogP contribution in [0.5, 0.6) is 0 Å². The molecular weight excluding hydrogens is 385 g/mol. The number of nitrogens with one attached hydrogen (secondary N) is 1. The molecule has 0 aliphatic carbocycles. The number of hydrogen-bond acceptors (Lipinski definition) is 4. The number of aryl methyl sites for hydroxylation is 1. The predicted molar refractivity (Wildman–Crippen MR) is 107 cm³/mol. The number of rotatable bonds is 3. The van der Waals surface area contributed by atoms with Crippen LogP contribution in [0.1, 0.15) is 46.8 Å². The molecule has 1 N–H and O–H groups in total. The maximum atomic E-state index is 13.7. The average Bonchev–Trinajstić information content (AvgIpc) is 3.46. The third-order valence-electron chi connectivity index (χ3n) is 6.20. The highest BCUT2D eigenvalue weighted by Crippen LogP contribution is 2.54. The summed E-state index contributed by atoms with van der Waals surface area (Å²) < 4.78 is 19.0. The van der Waals surface area contributed by atoms with E-state index >= 15 is 0 Å². The van der Waals surface area contributed by atoms with E-state index in [1.165, 1.54) is 18.5 Å². The highest BCUT2D eigenvalue weighted by molar-refractivity contribution is 6.08. The van der Waals surface area contributed by atoms with Gasteiger partial charge in [-0.25, -0.2) is 9.37 Å². The Labute approximate surface area is 172 Å². The van der Waals surface area contributed by atoms with Crippen molar-refractivity contribution < 1.29 is 18.4 Å². The second-order valence-corrected chi connectivity index (χ2v) is 7.65. The zero-order chi connectivity index (χ0) is 20.9. The Kier molecular flexibility index (Phi) is 4.20. The van der Waals surface area contributed by atoms with Gasteiger partial charge < -0.3 is 14.6 Å². The van der Waals surface area contributed by atoms with Crippen LogP contribution in [0.25, 0.3) is 0 Å². The van der Waals surface area contributed by atoms with Gasteiger partial charge in [-0.1, -0.05) is 37.3 Å². The van der Waals surface area contributed by atoms with Gasteiger partial charge in [0.1, 0.15) is 17.0 Å². The number of benzene rings is 2. The minimum absolute atomic E-state index is 0.149. The number of aromatic nitrogens is 1. The molecule has 7 heteroatoms. The molecular formula is C23H20FN3O3. The number of hydrogen-bond donors (Lipinski definition) is 1. The van der Waals surface area contributed by atoms with Crippen LogP contribution in [0.15, 0.2) is 59.3 Å². The lowest BCUT2D eigenvalue weighted by atomic mass is 9.72. The Morgan fingerprint density at radius 1 is 1.27 bits per heavy atom. The van der Waals surface area contributed by atoms with Crippen molar-refractivity contribution in [3.05, 3.63) is 83.3 Å². The van der Waals surface area contributed by atoms with Gasteiger partial charge in [0, 0.05) is 18.7 Å². The molecule has 1 saturated heterocycles. The summed E-state index contributed by atoms with van der Waals surface area (Å²) in [5.74, 6) is -0.298. The first-order valence-electron chi connectivity index (χ1n) is 9.96. The number of para-hydroxylation sites is 1. The smallest absolute Gasteiger partial charge is 0.276 e. The van der Waals surface area contributed by atoms with E-state index in [0.717, 1.165) is 11.3 Å². The lowest BCUT2D eigenvalue weighted by molar-refractivity contribution is -0.121. The number of anilines is 1.